The number of amides is 1. The summed E-state index contributed by atoms with van der Waals surface area (Å²) in [6, 6.07) is 7.36. The predicted molar refractivity (Wildman–Crippen MR) is 89.8 cm³/mol. The molecule has 5 nitrogen and oxygen atoms in total. The number of carbonyl (C=O) groups is 1. The summed E-state index contributed by atoms with van der Waals surface area (Å²) in [4.78, 5) is 18.5. The predicted octanol–water partition coefficient (Wildman–Crippen LogP) is 3.69. The van der Waals surface area contributed by atoms with Gasteiger partial charge in [0.2, 0.25) is 5.91 Å². The van der Waals surface area contributed by atoms with Crippen LogP contribution in [0.25, 0.3) is 6.08 Å². The molecule has 0 atom stereocenters. The van der Waals surface area contributed by atoms with Crippen LogP contribution < -0.4 is 10.2 Å². The highest BCUT2D eigenvalue weighted by atomic mass is 79.9. The van der Waals surface area contributed by atoms with Crippen molar-refractivity contribution in [3.63, 3.8) is 0 Å². The van der Waals surface area contributed by atoms with E-state index in [0.717, 1.165) is 18.9 Å². The molecule has 3 heterocycles. The highest BCUT2D eigenvalue weighted by Gasteiger charge is 2.13. The van der Waals surface area contributed by atoms with Crippen LogP contribution in [0.1, 0.15) is 18.6 Å². The molecular formula is C16H16BrN3O2. The fourth-order valence-corrected chi connectivity index (χ4v) is 2.67. The first-order valence-corrected chi connectivity index (χ1v) is 7.95. The summed E-state index contributed by atoms with van der Waals surface area (Å²) in [5, 5.41) is 2.78. The quantitative estimate of drug-likeness (QED) is 0.843. The van der Waals surface area contributed by atoms with E-state index >= 15 is 0 Å². The summed E-state index contributed by atoms with van der Waals surface area (Å²) < 4.78 is 5.92. The van der Waals surface area contributed by atoms with Crippen molar-refractivity contribution in [3.05, 3.63) is 47.0 Å². The minimum absolute atomic E-state index is 0.219. The van der Waals surface area contributed by atoms with Crippen LogP contribution >= 0.6 is 15.9 Å². The van der Waals surface area contributed by atoms with Crippen LogP contribution in [0.15, 0.2) is 45.6 Å². The van der Waals surface area contributed by atoms with E-state index in [0.29, 0.717) is 16.1 Å². The average molecular weight is 362 g/mol. The molecule has 0 saturated carbocycles. The molecule has 1 amide bonds. The molecule has 114 valence electrons. The molecule has 1 fully saturated rings. The number of rotatable bonds is 4. The van der Waals surface area contributed by atoms with Crippen LogP contribution in [-0.4, -0.2) is 24.0 Å². The third-order valence-electron chi connectivity index (χ3n) is 3.44. The second-order valence-electron chi connectivity index (χ2n) is 5.06. The van der Waals surface area contributed by atoms with Gasteiger partial charge in [-0.3, -0.25) is 4.79 Å². The molecule has 2 aromatic heterocycles. The summed E-state index contributed by atoms with van der Waals surface area (Å²) in [5.41, 5.74) is 0.679. The van der Waals surface area contributed by atoms with Gasteiger partial charge in [-0.1, -0.05) is 0 Å². The van der Waals surface area contributed by atoms with E-state index in [2.05, 4.69) is 31.1 Å². The molecule has 22 heavy (non-hydrogen) atoms. The van der Waals surface area contributed by atoms with Gasteiger partial charge in [0.1, 0.15) is 11.6 Å². The van der Waals surface area contributed by atoms with Gasteiger partial charge in [-0.25, -0.2) is 4.98 Å². The average Bonchev–Trinajstić information content (AvgIpc) is 3.17. The van der Waals surface area contributed by atoms with Crippen molar-refractivity contribution >= 4 is 39.4 Å². The van der Waals surface area contributed by atoms with Gasteiger partial charge in [0.25, 0.3) is 0 Å². The molecule has 3 rings (SSSR count). The van der Waals surface area contributed by atoms with Crippen molar-refractivity contribution in [1.29, 1.82) is 0 Å². The molecular weight excluding hydrogens is 346 g/mol. The number of nitrogens with zero attached hydrogens (tertiary/aromatic N) is 2. The van der Waals surface area contributed by atoms with E-state index in [1.54, 1.807) is 24.4 Å². The summed E-state index contributed by atoms with van der Waals surface area (Å²) in [5.74, 6) is 1.36. The van der Waals surface area contributed by atoms with E-state index in [4.69, 9.17) is 4.42 Å². The van der Waals surface area contributed by atoms with Crippen LogP contribution in [0.5, 0.6) is 0 Å². The molecule has 1 saturated heterocycles. The zero-order valence-corrected chi connectivity index (χ0v) is 13.5. The first-order chi connectivity index (χ1) is 10.7. The Bertz CT molecular complexity index is 673. The van der Waals surface area contributed by atoms with Crippen LogP contribution in [0.4, 0.5) is 11.5 Å². The molecule has 2 aromatic rings. The smallest absolute Gasteiger partial charge is 0.248 e. The molecule has 6 heteroatoms. The largest absolute Gasteiger partial charge is 0.450 e. The SMILES string of the molecule is O=C(/C=C/c1ccc(Br)o1)Nc1ccc(N2CCCC2)nc1. The maximum Gasteiger partial charge on any atom is 0.248 e. The van der Waals surface area contributed by atoms with Crippen molar-refractivity contribution in [2.24, 2.45) is 0 Å². The molecule has 1 aliphatic heterocycles. The number of aromatic nitrogens is 1. The Kier molecular flexibility index (Phi) is 4.58. The fraction of sp³-hybridized carbons (Fsp3) is 0.250. The molecule has 0 aromatic carbocycles. The summed E-state index contributed by atoms with van der Waals surface area (Å²) in [6.07, 6.45) is 7.16. The van der Waals surface area contributed by atoms with Gasteiger partial charge >= 0.3 is 0 Å². The number of anilines is 2. The highest BCUT2D eigenvalue weighted by Crippen LogP contribution is 2.19. The van der Waals surface area contributed by atoms with Gasteiger partial charge in [0, 0.05) is 19.2 Å². The Morgan fingerprint density at radius 3 is 2.73 bits per heavy atom. The van der Waals surface area contributed by atoms with Gasteiger partial charge in [-0.05, 0) is 59.1 Å². The van der Waals surface area contributed by atoms with Crippen LogP contribution in [0.3, 0.4) is 0 Å². The zero-order valence-electron chi connectivity index (χ0n) is 12.0. The number of pyridine rings is 1. The van der Waals surface area contributed by atoms with Crippen LogP contribution in [0.2, 0.25) is 0 Å². The Labute approximate surface area is 137 Å². The number of carbonyl (C=O) groups excluding carboxylic acids is 1. The van der Waals surface area contributed by atoms with E-state index in [-0.39, 0.29) is 5.91 Å². The molecule has 0 radical (unpaired) electrons. The lowest BCUT2D eigenvalue weighted by molar-refractivity contribution is -0.111. The Morgan fingerprint density at radius 2 is 2.09 bits per heavy atom. The minimum Gasteiger partial charge on any atom is -0.450 e. The molecule has 0 unspecified atom stereocenters. The molecule has 0 aliphatic carbocycles. The van der Waals surface area contributed by atoms with Crippen molar-refractivity contribution in [2.75, 3.05) is 23.3 Å². The number of hydrogen-bond donors (Lipinski definition) is 1. The lowest BCUT2D eigenvalue weighted by Gasteiger charge is -2.16. The maximum absolute atomic E-state index is 11.8. The molecule has 1 N–H and O–H groups in total. The molecule has 0 spiro atoms. The van der Waals surface area contributed by atoms with E-state index in [1.807, 2.05) is 12.1 Å². The summed E-state index contributed by atoms with van der Waals surface area (Å²) in [6.45, 7) is 2.11. The van der Waals surface area contributed by atoms with Crippen LogP contribution in [0, 0.1) is 0 Å². The number of hydrogen-bond acceptors (Lipinski definition) is 4. The third-order valence-corrected chi connectivity index (χ3v) is 3.86. The first kappa shape index (κ1) is 14.8. The fourth-order valence-electron chi connectivity index (χ4n) is 2.35. The third kappa shape index (κ3) is 3.76. The monoisotopic (exact) mass is 361 g/mol. The summed E-state index contributed by atoms with van der Waals surface area (Å²) in [7, 11) is 0. The molecule has 1 aliphatic rings. The second kappa shape index (κ2) is 6.79. The van der Waals surface area contributed by atoms with Gasteiger partial charge in [-0.2, -0.15) is 0 Å². The Balaban J connectivity index is 1.58. The van der Waals surface area contributed by atoms with Gasteiger partial charge in [0.15, 0.2) is 4.67 Å². The highest BCUT2D eigenvalue weighted by molar-refractivity contribution is 9.10. The van der Waals surface area contributed by atoms with E-state index in [1.165, 1.54) is 18.9 Å². The van der Waals surface area contributed by atoms with Gasteiger partial charge < -0.3 is 14.6 Å². The van der Waals surface area contributed by atoms with Crippen LogP contribution in [-0.2, 0) is 4.79 Å². The standard InChI is InChI=1S/C16H16BrN3O2/c17-14-6-4-13(22-14)5-8-16(21)19-12-3-7-15(18-11-12)20-9-1-2-10-20/h3-8,11H,1-2,9-10H2,(H,19,21)/b8-5+. The van der Waals surface area contributed by atoms with E-state index in [9.17, 15) is 4.79 Å². The zero-order chi connectivity index (χ0) is 15.4. The Hall–Kier alpha value is -2.08. The van der Waals surface area contributed by atoms with Crippen molar-refractivity contribution in [3.8, 4) is 0 Å². The topological polar surface area (TPSA) is 58.4 Å². The number of halogens is 1. The van der Waals surface area contributed by atoms with Crippen molar-refractivity contribution < 1.29 is 9.21 Å². The Morgan fingerprint density at radius 1 is 1.27 bits per heavy atom. The normalized spacial score (nSPS) is 14.7. The second-order valence-corrected chi connectivity index (χ2v) is 5.85. The maximum atomic E-state index is 11.8. The van der Waals surface area contributed by atoms with Gasteiger partial charge in [0.05, 0.1) is 11.9 Å². The van der Waals surface area contributed by atoms with Crippen molar-refractivity contribution in [2.45, 2.75) is 12.8 Å². The lowest BCUT2D eigenvalue weighted by Crippen LogP contribution is -2.18. The lowest BCUT2D eigenvalue weighted by atomic mass is 10.3. The molecule has 0 bridgehead atoms. The number of furan rings is 1. The summed E-state index contributed by atoms with van der Waals surface area (Å²) >= 11 is 3.21. The number of nitrogens with one attached hydrogen (secondary N) is 1. The van der Waals surface area contributed by atoms with Crippen molar-refractivity contribution in [1.82, 2.24) is 4.98 Å². The van der Waals surface area contributed by atoms with Gasteiger partial charge in [-0.15, -0.1) is 0 Å². The minimum atomic E-state index is -0.219. The van der Waals surface area contributed by atoms with E-state index < -0.39 is 0 Å². The first-order valence-electron chi connectivity index (χ1n) is 7.16.